The lowest BCUT2D eigenvalue weighted by atomic mass is 10.1. The van der Waals surface area contributed by atoms with E-state index < -0.39 is 0 Å². The number of fused-ring (bicyclic) bond motifs is 1. The van der Waals surface area contributed by atoms with Crippen molar-refractivity contribution in [2.45, 2.75) is 25.4 Å². The van der Waals surface area contributed by atoms with Gasteiger partial charge in [-0.1, -0.05) is 0 Å². The maximum atomic E-state index is 5.42. The first-order chi connectivity index (χ1) is 7.36. The number of halogens is 1. The quantitative estimate of drug-likeness (QED) is 0.836. The number of ether oxygens (including phenoxy) is 1. The molecule has 15 heavy (non-hydrogen) atoms. The lowest BCUT2D eigenvalue weighted by Gasteiger charge is -2.17. The highest BCUT2D eigenvalue weighted by molar-refractivity contribution is 9.10. The van der Waals surface area contributed by atoms with Gasteiger partial charge in [-0.05, 0) is 22.4 Å². The number of nitrogens with one attached hydrogen (secondary N) is 1. The summed E-state index contributed by atoms with van der Waals surface area (Å²) in [7, 11) is 0. The molecular formula is C10H14BrN3O. The van der Waals surface area contributed by atoms with Crippen LogP contribution in [0.2, 0.25) is 0 Å². The molecule has 1 unspecified atom stereocenters. The van der Waals surface area contributed by atoms with Crippen LogP contribution >= 0.6 is 15.9 Å². The zero-order chi connectivity index (χ0) is 10.3. The van der Waals surface area contributed by atoms with Crippen LogP contribution in [0.1, 0.15) is 23.7 Å². The zero-order valence-corrected chi connectivity index (χ0v) is 10.1. The third kappa shape index (κ3) is 1.62. The summed E-state index contributed by atoms with van der Waals surface area (Å²) in [5.41, 5.74) is 2.71. The Bertz CT molecular complexity index is 371. The van der Waals surface area contributed by atoms with Gasteiger partial charge >= 0.3 is 0 Å². The van der Waals surface area contributed by atoms with Crippen molar-refractivity contribution < 1.29 is 4.74 Å². The van der Waals surface area contributed by atoms with E-state index in [1.165, 1.54) is 11.3 Å². The van der Waals surface area contributed by atoms with E-state index in [0.717, 1.165) is 43.7 Å². The topological polar surface area (TPSA) is 39.1 Å². The molecular weight excluding hydrogens is 258 g/mol. The van der Waals surface area contributed by atoms with Gasteiger partial charge in [-0.15, -0.1) is 0 Å². The van der Waals surface area contributed by atoms with Crippen molar-refractivity contribution >= 4 is 15.9 Å². The Morgan fingerprint density at radius 2 is 2.47 bits per heavy atom. The van der Waals surface area contributed by atoms with E-state index in [0.29, 0.717) is 6.04 Å². The highest BCUT2D eigenvalue weighted by atomic mass is 79.9. The molecule has 1 aromatic heterocycles. The molecule has 1 atom stereocenters. The second-order valence-corrected chi connectivity index (χ2v) is 4.86. The van der Waals surface area contributed by atoms with E-state index >= 15 is 0 Å². The van der Waals surface area contributed by atoms with E-state index in [1.54, 1.807) is 0 Å². The number of nitrogens with zero attached hydrogens (tertiary/aromatic N) is 2. The summed E-state index contributed by atoms with van der Waals surface area (Å²) < 4.78 is 8.59. The summed E-state index contributed by atoms with van der Waals surface area (Å²) in [5.74, 6) is 0. The van der Waals surface area contributed by atoms with Gasteiger partial charge in [-0.3, -0.25) is 4.68 Å². The summed E-state index contributed by atoms with van der Waals surface area (Å²) in [4.78, 5) is 0. The molecule has 5 heteroatoms. The van der Waals surface area contributed by atoms with E-state index in [-0.39, 0.29) is 0 Å². The average Bonchev–Trinajstić information content (AvgIpc) is 2.87. The molecule has 0 bridgehead atoms. The third-order valence-electron chi connectivity index (χ3n) is 3.16. The van der Waals surface area contributed by atoms with Gasteiger partial charge in [0.25, 0.3) is 0 Å². The van der Waals surface area contributed by atoms with Crippen molar-refractivity contribution in [1.82, 2.24) is 15.1 Å². The fourth-order valence-electron chi connectivity index (χ4n) is 2.35. The molecule has 1 fully saturated rings. The first kappa shape index (κ1) is 9.81. The van der Waals surface area contributed by atoms with Crippen LogP contribution in [0.25, 0.3) is 0 Å². The molecule has 3 rings (SSSR count). The Hall–Kier alpha value is -0.390. The van der Waals surface area contributed by atoms with E-state index in [4.69, 9.17) is 4.74 Å². The minimum atomic E-state index is 0.447. The van der Waals surface area contributed by atoms with Crippen LogP contribution in [0.3, 0.4) is 0 Å². The molecule has 1 saturated heterocycles. The molecule has 0 amide bonds. The van der Waals surface area contributed by atoms with E-state index in [9.17, 15) is 0 Å². The van der Waals surface area contributed by atoms with Gasteiger partial charge in [0.2, 0.25) is 0 Å². The SMILES string of the molecule is Brc1nn(C2CCOC2)c2c1CNCC2. The fraction of sp³-hybridized carbons (Fsp3) is 0.700. The molecule has 0 spiro atoms. The number of rotatable bonds is 1. The molecule has 82 valence electrons. The number of aromatic nitrogens is 2. The molecule has 3 heterocycles. The minimum Gasteiger partial charge on any atom is -0.379 e. The van der Waals surface area contributed by atoms with E-state index in [1.807, 2.05) is 0 Å². The summed E-state index contributed by atoms with van der Waals surface area (Å²) >= 11 is 3.54. The Morgan fingerprint density at radius 1 is 1.53 bits per heavy atom. The second kappa shape index (κ2) is 3.88. The summed E-state index contributed by atoms with van der Waals surface area (Å²) in [6, 6.07) is 0.447. The standard InChI is InChI=1S/C10H14BrN3O/c11-10-8-5-12-3-1-9(8)14(13-10)7-2-4-15-6-7/h7,12H,1-6H2. The van der Waals surface area contributed by atoms with Crippen LogP contribution < -0.4 is 5.32 Å². The van der Waals surface area contributed by atoms with Gasteiger partial charge in [0.1, 0.15) is 4.60 Å². The lowest BCUT2D eigenvalue weighted by Crippen LogP contribution is -2.26. The second-order valence-electron chi connectivity index (χ2n) is 4.10. The first-order valence-electron chi connectivity index (χ1n) is 5.40. The summed E-state index contributed by atoms with van der Waals surface area (Å²) in [6.07, 6.45) is 2.17. The van der Waals surface area contributed by atoms with Gasteiger partial charge in [0.15, 0.2) is 0 Å². The Morgan fingerprint density at radius 3 is 3.27 bits per heavy atom. The van der Waals surface area contributed by atoms with Crippen molar-refractivity contribution in [3.8, 4) is 0 Å². The molecule has 0 saturated carbocycles. The molecule has 1 aromatic rings. The first-order valence-corrected chi connectivity index (χ1v) is 6.20. The maximum absolute atomic E-state index is 5.42. The maximum Gasteiger partial charge on any atom is 0.132 e. The molecule has 0 aliphatic carbocycles. The largest absolute Gasteiger partial charge is 0.379 e. The monoisotopic (exact) mass is 271 g/mol. The highest BCUT2D eigenvalue weighted by Gasteiger charge is 2.26. The number of hydrogen-bond donors (Lipinski definition) is 1. The fourth-order valence-corrected chi connectivity index (χ4v) is 2.89. The summed E-state index contributed by atoms with van der Waals surface area (Å²) in [6.45, 7) is 3.67. The van der Waals surface area contributed by atoms with Gasteiger partial charge in [-0.25, -0.2) is 0 Å². The van der Waals surface area contributed by atoms with E-state index in [2.05, 4.69) is 31.0 Å². The summed E-state index contributed by atoms with van der Waals surface area (Å²) in [5, 5.41) is 7.96. The van der Waals surface area contributed by atoms with Crippen LogP contribution in [0.15, 0.2) is 4.60 Å². The van der Waals surface area contributed by atoms with Crippen molar-refractivity contribution in [1.29, 1.82) is 0 Å². The molecule has 0 radical (unpaired) electrons. The minimum absolute atomic E-state index is 0.447. The average molecular weight is 272 g/mol. The predicted octanol–water partition coefficient (Wildman–Crippen LogP) is 1.25. The smallest absolute Gasteiger partial charge is 0.132 e. The van der Waals surface area contributed by atoms with Crippen LogP contribution in [0.5, 0.6) is 0 Å². The van der Waals surface area contributed by atoms with Crippen molar-refractivity contribution in [2.75, 3.05) is 19.8 Å². The van der Waals surface area contributed by atoms with Gasteiger partial charge in [0, 0.05) is 37.4 Å². The Labute approximate surface area is 97.1 Å². The molecule has 1 N–H and O–H groups in total. The van der Waals surface area contributed by atoms with Crippen molar-refractivity contribution in [3.05, 3.63) is 15.9 Å². The molecule has 0 aromatic carbocycles. The van der Waals surface area contributed by atoms with Gasteiger partial charge < -0.3 is 10.1 Å². The zero-order valence-electron chi connectivity index (χ0n) is 8.50. The van der Waals surface area contributed by atoms with Crippen molar-refractivity contribution in [2.24, 2.45) is 0 Å². The lowest BCUT2D eigenvalue weighted by molar-refractivity contribution is 0.183. The normalized spacial score (nSPS) is 25.5. The Balaban J connectivity index is 1.99. The van der Waals surface area contributed by atoms with Crippen LogP contribution in [-0.2, 0) is 17.7 Å². The van der Waals surface area contributed by atoms with Crippen LogP contribution in [-0.4, -0.2) is 29.5 Å². The third-order valence-corrected chi connectivity index (χ3v) is 3.80. The van der Waals surface area contributed by atoms with Crippen LogP contribution in [0.4, 0.5) is 0 Å². The molecule has 4 nitrogen and oxygen atoms in total. The molecule has 2 aliphatic rings. The highest BCUT2D eigenvalue weighted by Crippen LogP contribution is 2.28. The Kier molecular flexibility index (Phi) is 2.54. The van der Waals surface area contributed by atoms with Crippen molar-refractivity contribution in [3.63, 3.8) is 0 Å². The van der Waals surface area contributed by atoms with Crippen LogP contribution in [0, 0.1) is 0 Å². The number of hydrogen-bond acceptors (Lipinski definition) is 3. The van der Waals surface area contributed by atoms with Gasteiger partial charge in [0.05, 0.1) is 12.6 Å². The van der Waals surface area contributed by atoms with Gasteiger partial charge in [-0.2, -0.15) is 5.10 Å². The predicted molar refractivity (Wildman–Crippen MR) is 59.8 cm³/mol. The molecule has 2 aliphatic heterocycles.